The van der Waals surface area contributed by atoms with Gasteiger partial charge in [0.2, 0.25) is 15.9 Å². The third-order valence-electron chi connectivity index (χ3n) is 4.60. The Labute approximate surface area is 173 Å². The summed E-state index contributed by atoms with van der Waals surface area (Å²) in [6.07, 6.45) is 1.14. The van der Waals surface area contributed by atoms with Crippen LogP contribution in [0.25, 0.3) is 0 Å². The average Bonchev–Trinajstić information content (AvgIpc) is 2.95. The molecule has 0 aliphatic carbocycles. The minimum Gasteiger partial charge on any atom is -0.355 e. The lowest BCUT2D eigenvalue weighted by Gasteiger charge is -2.20. The molecule has 0 spiro atoms. The van der Waals surface area contributed by atoms with Gasteiger partial charge in [-0.15, -0.1) is 0 Å². The van der Waals surface area contributed by atoms with Crippen LogP contribution in [-0.2, 0) is 21.4 Å². The van der Waals surface area contributed by atoms with Gasteiger partial charge in [0.1, 0.15) is 6.04 Å². The van der Waals surface area contributed by atoms with Crippen molar-refractivity contribution in [1.29, 1.82) is 0 Å². The SMILES string of the molecule is Cc1ccc(S(=O)(=O)N[C@H](CC(C)C)C(=O)NCCCn2nc(C)cc2C)cc1. The van der Waals surface area contributed by atoms with E-state index in [1.807, 2.05) is 45.4 Å². The Balaban J connectivity index is 1.96. The summed E-state index contributed by atoms with van der Waals surface area (Å²) >= 11 is 0. The number of sulfonamides is 1. The molecule has 29 heavy (non-hydrogen) atoms. The van der Waals surface area contributed by atoms with Crippen LogP contribution in [0.1, 0.15) is 43.6 Å². The fourth-order valence-electron chi connectivity index (χ4n) is 3.12. The standard InChI is InChI=1S/C21H32N4O3S/c1-15(2)13-20(24-29(27,28)19-9-7-16(3)8-10-19)21(26)22-11-6-12-25-18(5)14-17(4)23-25/h7-10,14-15,20,24H,6,11-13H2,1-5H3,(H,22,26)/t20-/m1/s1. The van der Waals surface area contributed by atoms with Crippen molar-refractivity contribution in [2.75, 3.05) is 6.54 Å². The molecule has 1 amide bonds. The summed E-state index contributed by atoms with van der Waals surface area (Å²) in [6.45, 7) is 10.9. The van der Waals surface area contributed by atoms with Crippen molar-refractivity contribution in [3.05, 3.63) is 47.3 Å². The number of rotatable bonds is 10. The molecule has 0 radical (unpaired) electrons. The predicted molar refractivity (Wildman–Crippen MR) is 114 cm³/mol. The zero-order valence-corrected chi connectivity index (χ0v) is 18.7. The van der Waals surface area contributed by atoms with Gasteiger partial charge >= 0.3 is 0 Å². The highest BCUT2D eigenvalue weighted by atomic mass is 32.2. The zero-order chi connectivity index (χ0) is 21.6. The van der Waals surface area contributed by atoms with E-state index in [-0.39, 0.29) is 16.7 Å². The number of amides is 1. The maximum absolute atomic E-state index is 12.7. The van der Waals surface area contributed by atoms with Crippen LogP contribution in [0.4, 0.5) is 0 Å². The summed E-state index contributed by atoms with van der Waals surface area (Å²) in [5.41, 5.74) is 3.02. The third-order valence-corrected chi connectivity index (χ3v) is 6.09. The fraction of sp³-hybridized carbons (Fsp3) is 0.524. The van der Waals surface area contributed by atoms with Gasteiger partial charge in [-0.25, -0.2) is 8.42 Å². The molecule has 0 unspecified atom stereocenters. The Morgan fingerprint density at radius 1 is 1.14 bits per heavy atom. The van der Waals surface area contributed by atoms with Crippen LogP contribution in [0.15, 0.2) is 35.2 Å². The van der Waals surface area contributed by atoms with Gasteiger partial charge in [-0.1, -0.05) is 31.5 Å². The molecule has 160 valence electrons. The van der Waals surface area contributed by atoms with E-state index in [0.29, 0.717) is 25.9 Å². The summed E-state index contributed by atoms with van der Waals surface area (Å²) in [4.78, 5) is 12.8. The van der Waals surface area contributed by atoms with E-state index in [4.69, 9.17) is 0 Å². The summed E-state index contributed by atoms with van der Waals surface area (Å²) in [5, 5.41) is 7.26. The number of nitrogens with one attached hydrogen (secondary N) is 2. The largest absolute Gasteiger partial charge is 0.355 e. The lowest BCUT2D eigenvalue weighted by molar-refractivity contribution is -0.123. The van der Waals surface area contributed by atoms with E-state index < -0.39 is 16.1 Å². The molecule has 1 aromatic carbocycles. The van der Waals surface area contributed by atoms with E-state index >= 15 is 0 Å². The van der Waals surface area contributed by atoms with Crippen LogP contribution in [0.2, 0.25) is 0 Å². The minimum atomic E-state index is -3.77. The fourth-order valence-corrected chi connectivity index (χ4v) is 4.33. The predicted octanol–water partition coefficient (Wildman–Crippen LogP) is 2.71. The van der Waals surface area contributed by atoms with Gasteiger partial charge in [0.05, 0.1) is 10.6 Å². The van der Waals surface area contributed by atoms with Crippen molar-refractivity contribution in [3.8, 4) is 0 Å². The molecule has 0 aliphatic rings. The number of carbonyl (C=O) groups is 1. The van der Waals surface area contributed by atoms with Crippen LogP contribution in [0.5, 0.6) is 0 Å². The minimum absolute atomic E-state index is 0.161. The van der Waals surface area contributed by atoms with Crippen LogP contribution in [0.3, 0.4) is 0 Å². The van der Waals surface area contributed by atoms with E-state index in [9.17, 15) is 13.2 Å². The van der Waals surface area contributed by atoms with Gasteiger partial charge in [-0.05, 0) is 57.7 Å². The van der Waals surface area contributed by atoms with Crippen LogP contribution in [0, 0.1) is 26.7 Å². The first kappa shape index (κ1) is 23.1. The Hall–Kier alpha value is -2.19. The molecule has 0 aliphatic heterocycles. The molecule has 0 bridgehead atoms. The maximum Gasteiger partial charge on any atom is 0.241 e. The van der Waals surface area contributed by atoms with Gasteiger partial charge in [-0.2, -0.15) is 9.82 Å². The Kier molecular flexibility index (Phi) is 7.98. The number of nitrogens with zero attached hydrogens (tertiary/aromatic N) is 2. The quantitative estimate of drug-likeness (QED) is 0.578. The molecule has 2 aromatic rings. The van der Waals surface area contributed by atoms with E-state index in [0.717, 1.165) is 17.0 Å². The van der Waals surface area contributed by atoms with E-state index in [1.165, 1.54) is 0 Å². The second-order valence-electron chi connectivity index (χ2n) is 7.91. The number of benzene rings is 1. The summed E-state index contributed by atoms with van der Waals surface area (Å²) in [7, 11) is -3.77. The average molecular weight is 421 g/mol. The van der Waals surface area contributed by atoms with Crippen molar-refractivity contribution in [3.63, 3.8) is 0 Å². The molecule has 0 saturated carbocycles. The lowest BCUT2D eigenvalue weighted by atomic mass is 10.0. The number of hydrogen-bond acceptors (Lipinski definition) is 4. The molecule has 1 atom stereocenters. The number of hydrogen-bond donors (Lipinski definition) is 2. The monoisotopic (exact) mass is 420 g/mol. The highest BCUT2D eigenvalue weighted by molar-refractivity contribution is 7.89. The smallest absolute Gasteiger partial charge is 0.241 e. The first-order valence-electron chi connectivity index (χ1n) is 9.96. The van der Waals surface area contributed by atoms with E-state index in [1.54, 1.807) is 24.3 Å². The van der Waals surface area contributed by atoms with Crippen molar-refractivity contribution in [1.82, 2.24) is 19.8 Å². The zero-order valence-electron chi connectivity index (χ0n) is 17.9. The first-order valence-corrected chi connectivity index (χ1v) is 11.4. The molecule has 2 rings (SSSR count). The Morgan fingerprint density at radius 2 is 1.79 bits per heavy atom. The number of aromatic nitrogens is 2. The maximum atomic E-state index is 12.7. The van der Waals surface area contributed by atoms with Crippen molar-refractivity contribution in [2.45, 2.75) is 64.9 Å². The van der Waals surface area contributed by atoms with Gasteiger partial charge in [0.25, 0.3) is 0 Å². The number of aryl methyl sites for hydroxylation is 4. The van der Waals surface area contributed by atoms with Crippen molar-refractivity contribution >= 4 is 15.9 Å². The van der Waals surface area contributed by atoms with Crippen molar-refractivity contribution < 1.29 is 13.2 Å². The molecule has 1 heterocycles. The normalized spacial score (nSPS) is 12.9. The first-order chi connectivity index (χ1) is 13.6. The molecule has 8 heteroatoms. The summed E-state index contributed by atoms with van der Waals surface area (Å²) < 4.78 is 29.9. The van der Waals surface area contributed by atoms with Crippen LogP contribution in [-0.4, -0.2) is 36.7 Å². The highest BCUT2D eigenvalue weighted by Crippen LogP contribution is 2.13. The molecule has 1 aromatic heterocycles. The molecule has 0 saturated heterocycles. The second kappa shape index (κ2) is 10.0. The molecular formula is C21H32N4O3S. The van der Waals surface area contributed by atoms with Gasteiger partial charge in [-0.3, -0.25) is 9.48 Å². The third kappa shape index (κ3) is 6.97. The highest BCUT2D eigenvalue weighted by Gasteiger charge is 2.26. The molecule has 7 nitrogen and oxygen atoms in total. The van der Waals surface area contributed by atoms with Crippen LogP contribution >= 0.6 is 0 Å². The molecule has 2 N–H and O–H groups in total. The lowest BCUT2D eigenvalue weighted by Crippen LogP contribution is -2.47. The van der Waals surface area contributed by atoms with E-state index in [2.05, 4.69) is 15.1 Å². The van der Waals surface area contributed by atoms with Crippen LogP contribution < -0.4 is 10.0 Å². The van der Waals surface area contributed by atoms with Gasteiger partial charge < -0.3 is 5.32 Å². The van der Waals surface area contributed by atoms with Crippen molar-refractivity contribution in [2.24, 2.45) is 5.92 Å². The van der Waals surface area contributed by atoms with Gasteiger partial charge in [0.15, 0.2) is 0 Å². The Bertz CT molecular complexity index is 918. The Morgan fingerprint density at radius 3 is 2.34 bits per heavy atom. The molecule has 0 fully saturated rings. The topological polar surface area (TPSA) is 93.1 Å². The molecular weight excluding hydrogens is 388 g/mol. The number of carbonyl (C=O) groups excluding carboxylic acids is 1. The summed E-state index contributed by atoms with van der Waals surface area (Å²) in [5.74, 6) is -0.135. The van der Waals surface area contributed by atoms with Gasteiger partial charge in [0, 0.05) is 18.8 Å². The second-order valence-corrected chi connectivity index (χ2v) is 9.63. The summed E-state index contributed by atoms with van der Waals surface area (Å²) in [6, 6.07) is 7.79.